The summed E-state index contributed by atoms with van der Waals surface area (Å²) in [6, 6.07) is 22.1. The van der Waals surface area contributed by atoms with Crippen LogP contribution in [0, 0.1) is 13.8 Å². The van der Waals surface area contributed by atoms with E-state index in [2.05, 4.69) is 6.07 Å². The van der Waals surface area contributed by atoms with Crippen molar-refractivity contribution in [3.63, 3.8) is 0 Å². The van der Waals surface area contributed by atoms with E-state index in [9.17, 15) is 14.7 Å². The zero-order valence-corrected chi connectivity index (χ0v) is 16.6. The largest absolute Gasteiger partial charge is 0.375 e. The molecule has 146 valence electrons. The number of amides is 1. The Bertz CT molecular complexity index is 1090. The minimum atomic E-state index is -1.86. The van der Waals surface area contributed by atoms with Crippen LogP contribution in [0.15, 0.2) is 72.8 Å². The summed E-state index contributed by atoms with van der Waals surface area (Å²) >= 11 is 0. The molecule has 4 rings (SSSR count). The number of ketones is 1. The van der Waals surface area contributed by atoms with Gasteiger partial charge in [-0.05, 0) is 31.0 Å². The summed E-state index contributed by atoms with van der Waals surface area (Å²) in [4.78, 5) is 27.8. The average molecular weight is 385 g/mol. The van der Waals surface area contributed by atoms with E-state index in [4.69, 9.17) is 0 Å². The zero-order chi connectivity index (χ0) is 20.6. The number of benzene rings is 3. The summed E-state index contributed by atoms with van der Waals surface area (Å²) in [5.74, 6) is -0.714. The van der Waals surface area contributed by atoms with Gasteiger partial charge >= 0.3 is 0 Å². The third-order valence-corrected chi connectivity index (χ3v) is 5.58. The molecule has 4 heteroatoms. The summed E-state index contributed by atoms with van der Waals surface area (Å²) in [6.45, 7) is 4.37. The monoisotopic (exact) mass is 385 g/mol. The van der Waals surface area contributed by atoms with Crippen molar-refractivity contribution in [1.29, 1.82) is 0 Å². The van der Waals surface area contributed by atoms with Crippen LogP contribution in [0.5, 0.6) is 0 Å². The molecule has 4 nitrogen and oxygen atoms in total. The number of aliphatic hydroxyl groups is 1. The first kappa shape index (κ1) is 19.1. The van der Waals surface area contributed by atoms with Crippen molar-refractivity contribution in [3.05, 3.63) is 101 Å². The number of hydrogen-bond donors (Lipinski definition) is 1. The second-order valence-corrected chi connectivity index (χ2v) is 7.66. The van der Waals surface area contributed by atoms with E-state index in [0.717, 1.165) is 16.7 Å². The topological polar surface area (TPSA) is 57.6 Å². The van der Waals surface area contributed by atoms with E-state index >= 15 is 0 Å². The fraction of sp³-hybridized carbons (Fsp3) is 0.200. The van der Waals surface area contributed by atoms with Gasteiger partial charge in [0.05, 0.1) is 18.7 Å². The molecule has 29 heavy (non-hydrogen) atoms. The molecule has 0 saturated heterocycles. The fourth-order valence-electron chi connectivity index (χ4n) is 3.93. The number of fused-ring (bicyclic) bond motifs is 1. The Kier molecular flexibility index (Phi) is 4.81. The molecule has 0 bridgehead atoms. The van der Waals surface area contributed by atoms with Crippen LogP contribution in [0.2, 0.25) is 0 Å². The Morgan fingerprint density at radius 1 is 0.966 bits per heavy atom. The summed E-state index contributed by atoms with van der Waals surface area (Å²) in [5.41, 5.74) is 2.98. The lowest BCUT2D eigenvalue weighted by atomic mass is 9.88. The Labute approximate surface area is 170 Å². The highest BCUT2D eigenvalue weighted by molar-refractivity contribution is 6.10. The summed E-state index contributed by atoms with van der Waals surface area (Å²) in [5, 5.41) is 11.4. The molecule has 0 radical (unpaired) electrons. The van der Waals surface area contributed by atoms with Crippen LogP contribution in [-0.2, 0) is 16.9 Å². The van der Waals surface area contributed by atoms with E-state index in [1.807, 2.05) is 44.2 Å². The molecule has 1 amide bonds. The molecule has 0 aliphatic carbocycles. The summed E-state index contributed by atoms with van der Waals surface area (Å²) < 4.78 is 0. The quantitative estimate of drug-likeness (QED) is 0.666. The van der Waals surface area contributed by atoms with E-state index < -0.39 is 11.5 Å². The maximum atomic E-state index is 13.4. The molecule has 1 heterocycles. The lowest BCUT2D eigenvalue weighted by Gasteiger charge is -2.23. The number of para-hydroxylation sites is 1. The second kappa shape index (κ2) is 7.30. The van der Waals surface area contributed by atoms with Gasteiger partial charge in [0.25, 0.3) is 5.91 Å². The van der Waals surface area contributed by atoms with Crippen LogP contribution < -0.4 is 4.90 Å². The first-order valence-corrected chi connectivity index (χ1v) is 9.68. The molecule has 1 N–H and O–H groups in total. The molecular formula is C25H23NO3. The van der Waals surface area contributed by atoms with Gasteiger partial charge in [-0.25, -0.2) is 0 Å². The van der Waals surface area contributed by atoms with Gasteiger partial charge in [-0.1, -0.05) is 72.3 Å². The van der Waals surface area contributed by atoms with E-state index in [-0.39, 0.29) is 12.2 Å². The Morgan fingerprint density at radius 2 is 1.66 bits per heavy atom. The van der Waals surface area contributed by atoms with Crippen LogP contribution in [0.3, 0.4) is 0 Å². The molecule has 1 atom stereocenters. The van der Waals surface area contributed by atoms with Crippen molar-refractivity contribution in [2.45, 2.75) is 32.4 Å². The van der Waals surface area contributed by atoms with Crippen molar-refractivity contribution >= 4 is 17.4 Å². The van der Waals surface area contributed by atoms with Crippen LogP contribution in [0.4, 0.5) is 5.69 Å². The minimum absolute atomic E-state index is 0.259. The molecule has 0 spiro atoms. The lowest BCUT2D eigenvalue weighted by molar-refractivity contribution is -0.136. The van der Waals surface area contributed by atoms with Crippen LogP contribution in [0.25, 0.3) is 0 Å². The zero-order valence-electron chi connectivity index (χ0n) is 16.6. The maximum absolute atomic E-state index is 13.4. The fourth-order valence-corrected chi connectivity index (χ4v) is 3.93. The summed E-state index contributed by atoms with van der Waals surface area (Å²) in [6.07, 6.45) is -0.282. The number of carbonyl (C=O) groups is 2. The normalized spacial score (nSPS) is 18.0. The van der Waals surface area contributed by atoms with Crippen molar-refractivity contribution < 1.29 is 14.7 Å². The van der Waals surface area contributed by atoms with Crippen LogP contribution in [-0.4, -0.2) is 16.8 Å². The molecule has 0 fully saturated rings. The van der Waals surface area contributed by atoms with E-state index in [1.165, 1.54) is 0 Å². The number of nitrogens with zero attached hydrogens (tertiary/aromatic N) is 1. The number of aryl methyl sites for hydroxylation is 2. The lowest BCUT2D eigenvalue weighted by Crippen LogP contribution is -2.41. The highest BCUT2D eigenvalue weighted by Gasteiger charge is 2.50. The van der Waals surface area contributed by atoms with Gasteiger partial charge in [0.2, 0.25) is 0 Å². The van der Waals surface area contributed by atoms with Gasteiger partial charge in [-0.3, -0.25) is 9.59 Å². The van der Waals surface area contributed by atoms with Gasteiger partial charge in [0.1, 0.15) is 0 Å². The number of Topliss-reactive ketones (excluding diaryl/α,β-unsaturated/α-hetero) is 1. The summed E-state index contributed by atoms with van der Waals surface area (Å²) in [7, 11) is 0. The Balaban J connectivity index is 1.71. The molecule has 0 aromatic heterocycles. The molecule has 3 aromatic carbocycles. The highest BCUT2D eigenvalue weighted by Crippen LogP contribution is 2.43. The first-order chi connectivity index (χ1) is 13.9. The molecule has 1 unspecified atom stereocenters. The van der Waals surface area contributed by atoms with E-state index in [1.54, 1.807) is 41.3 Å². The second-order valence-electron chi connectivity index (χ2n) is 7.66. The minimum Gasteiger partial charge on any atom is -0.375 e. The standard InChI is InChI=1S/C25H23NO3/c1-17-12-13-18(2)20(14-17)16-26-22-11-7-6-10-21(22)25(29,24(26)28)15-23(27)19-8-4-3-5-9-19/h3-14,29H,15-16H2,1-2H3. The van der Waals surface area contributed by atoms with E-state index in [0.29, 0.717) is 23.4 Å². The smallest absolute Gasteiger partial charge is 0.264 e. The van der Waals surface area contributed by atoms with Crippen molar-refractivity contribution in [1.82, 2.24) is 0 Å². The molecule has 3 aromatic rings. The molecule has 0 saturated carbocycles. The highest BCUT2D eigenvalue weighted by atomic mass is 16.3. The maximum Gasteiger partial charge on any atom is 0.264 e. The van der Waals surface area contributed by atoms with Crippen molar-refractivity contribution in [2.24, 2.45) is 0 Å². The number of anilines is 1. The number of hydrogen-bond acceptors (Lipinski definition) is 3. The molecular weight excluding hydrogens is 362 g/mol. The SMILES string of the molecule is Cc1ccc(C)c(CN2C(=O)C(O)(CC(=O)c3ccccc3)c3ccccc32)c1. The van der Waals surface area contributed by atoms with Gasteiger partial charge in [-0.2, -0.15) is 0 Å². The predicted octanol–water partition coefficient (Wildman–Crippen LogP) is 4.31. The van der Waals surface area contributed by atoms with Crippen LogP contribution >= 0.6 is 0 Å². The Hall–Kier alpha value is -3.24. The van der Waals surface area contributed by atoms with Gasteiger partial charge in [0, 0.05) is 11.1 Å². The van der Waals surface area contributed by atoms with Gasteiger partial charge in [0.15, 0.2) is 11.4 Å². The Morgan fingerprint density at radius 3 is 2.41 bits per heavy atom. The third kappa shape index (κ3) is 3.36. The van der Waals surface area contributed by atoms with Crippen molar-refractivity contribution in [3.8, 4) is 0 Å². The van der Waals surface area contributed by atoms with Gasteiger partial charge < -0.3 is 10.0 Å². The number of rotatable bonds is 5. The number of carbonyl (C=O) groups excluding carboxylic acids is 2. The van der Waals surface area contributed by atoms with Gasteiger partial charge in [-0.15, -0.1) is 0 Å². The van der Waals surface area contributed by atoms with Crippen LogP contribution in [0.1, 0.15) is 39.0 Å². The average Bonchev–Trinajstić information content (AvgIpc) is 2.93. The molecule has 1 aliphatic rings. The third-order valence-electron chi connectivity index (χ3n) is 5.58. The van der Waals surface area contributed by atoms with Crippen molar-refractivity contribution in [2.75, 3.05) is 4.90 Å². The first-order valence-electron chi connectivity index (χ1n) is 9.68. The molecule has 1 aliphatic heterocycles. The predicted molar refractivity (Wildman–Crippen MR) is 113 cm³/mol.